The van der Waals surface area contributed by atoms with E-state index in [-0.39, 0.29) is 0 Å². The number of hydrogen-bond donors (Lipinski definition) is 1. The van der Waals surface area contributed by atoms with Crippen molar-refractivity contribution in [3.63, 3.8) is 0 Å². The lowest BCUT2D eigenvalue weighted by atomic mass is 9.79. The third-order valence-corrected chi connectivity index (χ3v) is 4.28. The van der Waals surface area contributed by atoms with Gasteiger partial charge in [-0.3, -0.25) is 5.41 Å². The molecular weight excluding hydrogens is 212 g/mol. The van der Waals surface area contributed by atoms with Crippen LogP contribution in [0.1, 0.15) is 45.4 Å². The highest BCUT2D eigenvalue weighted by Gasteiger charge is 2.27. The molecule has 0 spiro atoms. The van der Waals surface area contributed by atoms with Gasteiger partial charge in [0.25, 0.3) is 0 Å². The first-order valence-electron chi connectivity index (χ1n) is 7.22. The molecule has 1 aliphatic heterocycles. The summed E-state index contributed by atoms with van der Waals surface area (Å²) >= 11 is 0. The Morgan fingerprint density at radius 1 is 1.18 bits per heavy atom. The minimum atomic E-state index is 0.529. The largest absolute Gasteiger partial charge is 0.378 e. The number of morpholine rings is 1. The molecule has 0 atom stereocenters. The van der Waals surface area contributed by atoms with Gasteiger partial charge in [0.15, 0.2) is 0 Å². The summed E-state index contributed by atoms with van der Waals surface area (Å²) in [6.45, 7) is 5.73. The molecule has 0 aromatic rings. The smallest absolute Gasteiger partial charge is 0.0991 e. The van der Waals surface area contributed by atoms with Crippen molar-refractivity contribution in [3.05, 3.63) is 0 Å². The SMILES string of the molecule is CCCC1CCC(C(=N)N2CCOCC2)CC1. The molecular formula is C14H26N2O. The van der Waals surface area contributed by atoms with Crippen LogP contribution in [0.2, 0.25) is 0 Å². The molecule has 3 nitrogen and oxygen atoms in total. The summed E-state index contributed by atoms with van der Waals surface area (Å²) in [7, 11) is 0. The lowest BCUT2D eigenvalue weighted by Crippen LogP contribution is -2.44. The van der Waals surface area contributed by atoms with Crippen LogP contribution in [0.4, 0.5) is 0 Å². The molecule has 2 rings (SSSR count). The van der Waals surface area contributed by atoms with Crippen LogP contribution in [0.15, 0.2) is 0 Å². The summed E-state index contributed by atoms with van der Waals surface area (Å²) in [6, 6.07) is 0. The van der Waals surface area contributed by atoms with Crippen LogP contribution in [0.5, 0.6) is 0 Å². The Hall–Kier alpha value is -0.570. The highest BCUT2D eigenvalue weighted by Crippen LogP contribution is 2.32. The van der Waals surface area contributed by atoms with Crippen molar-refractivity contribution >= 4 is 5.84 Å². The lowest BCUT2D eigenvalue weighted by Gasteiger charge is -2.36. The minimum Gasteiger partial charge on any atom is -0.378 e. The van der Waals surface area contributed by atoms with Crippen LogP contribution in [0, 0.1) is 17.2 Å². The van der Waals surface area contributed by atoms with Gasteiger partial charge in [0, 0.05) is 19.0 Å². The van der Waals surface area contributed by atoms with Gasteiger partial charge in [-0.1, -0.05) is 19.8 Å². The Kier molecular flexibility index (Phi) is 4.84. The molecule has 3 heteroatoms. The van der Waals surface area contributed by atoms with Gasteiger partial charge in [-0.2, -0.15) is 0 Å². The summed E-state index contributed by atoms with van der Waals surface area (Å²) in [5.41, 5.74) is 0. The molecule has 0 unspecified atom stereocenters. The fraction of sp³-hybridized carbons (Fsp3) is 0.929. The normalized spacial score (nSPS) is 30.3. The summed E-state index contributed by atoms with van der Waals surface area (Å²) in [5.74, 6) is 2.36. The molecule has 0 amide bonds. The molecule has 0 aromatic carbocycles. The van der Waals surface area contributed by atoms with Crippen LogP contribution in [0.25, 0.3) is 0 Å². The highest BCUT2D eigenvalue weighted by atomic mass is 16.5. The van der Waals surface area contributed by atoms with E-state index in [1.165, 1.54) is 38.5 Å². The Morgan fingerprint density at radius 3 is 2.41 bits per heavy atom. The highest BCUT2D eigenvalue weighted by molar-refractivity contribution is 5.81. The van der Waals surface area contributed by atoms with Gasteiger partial charge in [-0.15, -0.1) is 0 Å². The first kappa shape index (κ1) is 12.9. The zero-order valence-electron chi connectivity index (χ0n) is 11.1. The third-order valence-electron chi connectivity index (χ3n) is 4.28. The van der Waals surface area contributed by atoms with Crippen LogP contribution < -0.4 is 0 Å². The van der Waals surface area contributed by atoms with Gasteiger partial charge in [-0.05, 0) is 31.6 Å². The van der Waals surface area contributed by atoms with Gasteiger partial charge in [-0.25, -0.2) is 0 Å². The zero-order valence-corrected chi connectivity index (χ0v) is 11.1. The molecule has 0 radical (unpaired) electrons. The molecule has 1 saturated carbocycles. The van der Waals surface area contributed by atoms with Crippen molar-refractivity contribution in [2.45, 2.75) is 45.4 Å². The summed E-state index contributed by atoms with van der Waals surface area (Å²) in [4.78, 5) is 2.23. The van der Waals surface area contributed by atoms with Gasteiger partial charge >= 0.3 is 0 Å². The van der Waals surface area contributed by atoms with E-state index in [2.05, 4.69) is 11.8 Å². The fourth-order valence-corrected chi connectivity index (χ4v) is 3.20. The minimum absolute atomic E-state index is 0.529. The van der Waals surface area contributed by atoms with Gasteiger partial charge in [0.1, 0.15) is 0 Å². The topological polar surface area (TPSA) is 36.3 Å². The van der Waals surface area contributed by atoms with E-state index in [1.807, 2.05) is 0 Å². The van der Waals surface area contributed by atoms with E-state index in [4.69, 9.17) is 10.1 Å². The molecule has 1 heterocycles. The molecule has 1 saturated heterocycles. The van der Waals surface area contributed by atoms with Crippen LogP contribution in [0.3, 0.4) is 0 Å². The van der Waals surface area contributed by atoms with Crippen LogP contribution >= 0.6 is 0 Å². The van der Waals surface area contributed by atoms with Crippen molar-refractivity contribution in [1.82, 2.24) is 4.90 Å². The lowest BCUT2D eigenvalue weighted by molar-refractivity contribution is 0.0645. The second-order valence-corrected chi connectivity index (χ2v) is 5.49. The molecule has 1 aliphatic carbocycles. The quantitative estimate of drug-likeness (QED) is 0.606. The van der Waals surface area contributed by atoms with Crippen molar-refractivity contribution in [3.8, 4) is 0 Å². The Morgan fingerprint density at radius 2 is 1.82 bits per heavy atom. The first-order chi connectivity index (χ1) is 8.31. The number of amidine groups is 1. The Bertz CT molecular complexity index is 241. The van der Waals surface area contributed by atoms with E-state index in [0.29, 0.717) is 5.92 Å². The van der Waals surface area contributed by atoms with Gasteiger partial charge in [0.05, 0.1) is 19.0 Å². The van der Waals surface area contributed by atoms with Crippen molar-refractivity contribution < 1.29 is 4.74 Å². The first-order valence-corrected chi connectivity index (χ1v) is 7.22. The average molecular weight is 238 g/mol. The zero-order chi connectivity index (χ0) is 12.1. The molecule has 0 bridgehead atoms. The monoisotopic (exact) mass is 238 g/mol. The van der Waals surface area contributed by atoms with E-state index >= 15 is 0 Å². The molecule has 2 fully saturated rings. The third kappa shape index (κ3) is 3.44. The number of hydrogen-bond acceptors (Lipinski definition) is 2. The standard InChI is InChI=1S/C14H26N2O/c1-2-3-12-4-6-13(7-5-12)14(15)16-8-10-17-11-9-16/h12-13,15H,2-11H2,1H3. The van der Waals surface area contributed by atoms with E-state index in [1.54, 1.807) is 0 Å². The second-order valence-electron chi connectivity index (χ2n) is 5.49. The number of nitrogens with zero attached hydrogens (tertiary/aromatic N) is 1. The van der Waals surface area contributed by atoms with Crippen molar-refractivity contribution in [2.24, 2.45) is 11.8 Å². The maximum Gasteiger partial charge on any atom is 0.0991 e. The maximum atomic E-state index is 8.32. The van der Waals surface area contributed by atoms with Crippen molar-refractivity contribution in [1.29, 1.82) is 5.41 Å². The Balaban J connectivity index is 1.77. The van der Waals surface area contributed by atoms with Gasteiger partial charge in [0.2, 0.25) is 0 Å². The summed E-state index contributed by atoms with van der Waals surface area (Å²) < 4.78 is 5.35. The molecule has 2 aliphatic rings. The van der Waals surface area contributed by atoms with Crippen LogP contribution in [-0.4, -0.2) is 37.0 Å². The maximum absolute atomic E-state index is 8.32. The predicted octanol–water partition coefficient (Wildman–Crippen LogP) is 2.90. The molecule has 1 N–H and O–H groups in total. The summed E-state index contributed by atoms with van der Waals surface area (Å²) in [6.07, 6.45) is 7.85. The molecule has 17 heavy (non-hydrogen) atoms. The average Bonchev–Trinajstić information content (AvgIpc) is 2.40. The summed E-state index contributed by atoms with van der Waals surface area (Å²) in [5, 5.41) is 8.32. The van der Waals surface area contributed by atoms with E-state index in [0.717, 1.165) is 38.1 Å². The van der Waals surface area contributed by atoms with Crippen molar-refractivity contribution in [2.75, 3.05) is 26.3 Å². The number of nitrogens with one attached hydrogen (secondary N) is 1. The molecule has 0 aromatic heterocycles. The predicted molar refractivity (Wildman–Crippen MR) is 70.5 cm³/mol. The van der Waals surface area contributed by atoms with E-state index < -0.39 is 0 Å². The van der Waals surface area contributed by atoms with Crippen LogP contribution in [-0.2, 0) is 4.74 Å². The number of rotatable bonds is 3. The second kappa shape index (κ2) is 6.39. The fourth-order valence-electron chi connectivity index (χ4n) is 3.20. The molecule has 98 valence electrons. The van der Waals surface area contributed by atoms with E-state index in [9.17, 15) is 0 Å². The Labute approximate surface area is 105 Å². The number of ether oxygens (including phenoxy) is 1. The van der Waals surface area contributed by atoms with Gasteiger partial charge < -0.3 is 9.64 Å².